The van der Waals surface area contributed by atoms with Gasteiger partial charge < -0.3 is 10.4 Å². The number of hydrogen-bond acceptors (Lipinski definition) is 3. The molecule has 2 N–H and O–H groups in total. The predicted octanol–water partition coefficient (Wildman–Crippen LogP) is 2.20. The van der Waals surface area contributed by atoms with E-state index >= 15 is 0 Å². The van der Waals surface area contributed by atoms with Gasteiger partial charge in [0.25, 0.3) is 0 Å². The third-order valence-corrected chi connectivity index (χ3v) is 3.69. The van der Waals surface area contributed by atoms with Crippen LogP contribution >= 0.6 is 27.5 Å². The molecule has 0 saturated carbocycles. The molecule has 21 heavy (non-hydrogen) atoms. The van der Waals surface area contributed by atoms with Crippen LogP contribution in [0.25, 0.3) is 0 Å². The fraction of sp³-hybridized carbons (Fsp3) is 0.417. The molecule has 1 saturated heterocycles. The minimum atomic E-state index is -1.32. The van der Waals surface area contributed by atoms with E-state index in [1.54, 1.807) is 12.1 Å². The van der Waals surface area contributed by atoms with Gasteiger partial charge in [-0.15, -0.1) is 0 Å². The van der Waals surface area contributed by atoms with Crippen molar-refractivity contribution in [2.75, 3.05) is 6.54 Å². The number of alkyl halides is 1. The van der Waals surface area contributed by atoms with Crippen LogP contribution in [0.4, 0.5) is 9.18 Å². The fourth-order valence-corrected chi connectivity index (χ4v) is 2.99. The summed E-state index contributed by atoms with van der Waals surface area (Å²) in [5, 5.41) is 11.8. The number of rotatable bonds is 3. The number of carbonyl (C=O) groups is 2. The Morgan fingerprint density at radius 2 is 2.29 bits per heavy atom. The lowest BCUT2D eigenvalue weighted by atomic mass is 10.2. The Hall–Kier alpha value is -1.41. The van der Waals surface area contributed by atoms with Gasteiger partial charge in [0.2, 0.25) is 5.91 Å². The van der Waals surface area contributed by atoms with E-state index in [0.717, 1.165) is 4.90 Å². The summed E-state index contributed by atoms with van der Waals surface area (Å²) < 4.78 is 13.8. The first kappa shape index (κ1) is 16.0. The zero-order chi connectivity index (χ0) is 15.6. The van der Waals surface area contributed by atoms with Crippen molar-refractivity contribution < 1.29 is 19.1 Å². The molecule has 0 aromatic carbocycles. The van der Waals surface area contributed by atoms with Crippen LogP contribution in [0.2, 0.25) is 5.15 Å². The molecule has 0 unspecified atom stereocenters. The highest BCUT2D eigenvalue weighted by atomic mass is 79.9. The highest BCUT2D eigenvalue weighted by Gasteiger charge is 2.39. The summed E-state index contributed by atoms with van der Waals surface area (Å²) in [7, 11) is 0. The van der Waals surface area contributed by atoms with Crippen molar-refractivity contribution in [2.45, 2.75) is 25.2 Å². The Morgan fingerprint density at radius 3 is 2.90 bits per heavy atom. The SMILES string of the molecule is O=C(NCc1cc(Cl)nc(Br)c1)[C@@H]1C[C@@H](F)CN1C(=O)O. The number of pyridine rings is 1. The Morgan fingerprint density at radius 1 is 1.57 bits per heavy atom. The van der Waals surface area contributed by atoms with E-state index < -0.39 is 24.2 Å². The summed E-state index contributed by atoms with van der Waals surface area (Å²) in [6, 6.07) is 2.25. The van der Waals surface area contributed by atoms with Crippen LogP contribution in [-0.4, -0.2) is 45.7 Å². The Kier molecular flexibility index (Phi) is 5.00. The molecule has 1 aliphatic rings. The van der Waals surface area contributed by atoms with Crippen LogP contribution in [0.5, 0.6) is 0 Å². The zero-order valence-corrected chi connectivity index (χ0v) is 13.1. The van der Waals surface area contributed by atoms with E-state index in [-0.39, 0.29) is 24.7 Å². The van der Waals surface area contributed by atoms with Crippen LogP contribution < -0.4 is 5.32 Å². The summed E-state index contributed by atoms with van der Waals surface area (Å²) >= 11 is 8.97. The van der Waals surface area contributed by atoms with Crippen LogP contribution in [0, 0.1) is 0 Å². The summed E-state index contributed by atoms with van der Waals surface area (Å²) in [6.07, 6.45) is -2.75. The second-order valence-electron chi connectivity index (χ2n) is 4.62. The Bertz CT molecular complexity index is 554. The Balaban J connectivity index is 1.99. The molecule has 2 rings (SSSR count). The van der Waals surface area contributed by atoms with Gasteiger partial charge in [0.1, 0.15) is 22.0 Å². The first-order chi connectivity index (χ1) is 9.86. The van der Waals surface area contributed by atoms with Gasteiger partial charge in [-0.3, -0.25) is 9.69 Å². The number of nitrogens with one attached hydrogen (secondary N) is 1. The molecule has 1 aromatic heterocycles. The highest BCUT2D eigenvalue weighted by molar-refractivity contribution is 9.10. The lowest BCUT2D eigenvalue weighted by Gasteiger charge is -2.20. The van der Waals surface area contributed by atoms with Gasteiger partial charge in [-0.2, -0.15) is 0 Å². The summed E-state index contributed by atoms with van der Waals surface area (Å²) in [5.41, 5.74) is 0.701. The number of carbonyl (C=O) groups excluding carboxylic acids is 1. The number of hydrogen-bond donors (Lipinski definition) is 2. The molecule has 1 fully saturated rings. The third-order valence-electron chi connectivity index (χ3n) is 3.09. The number of halogens is 3. The van der Waals surface area contributed by atoms with Crippen LogP contribution in [0.1, 0.15) is 12.0 Å². The van der Waals surface area contributed by atoms with E-state index in [2.05, 4.69) is 26.2 Å². The van der Waals surface area contributed by atoms with Crippen molar-refractivity contribution in [2.24, 2.45) is 0 Å². The maximum absolute atomic E-state index is 13.3. The van der Waals surface area contributed by atoms with Crippen LogP contribution in [0.3, 0.4) is 0 Å². The van der Waals surface area contributed by atoms with E-state index in [1.807, 2.05) is 0 Å². The molecular formula is C12H12BrClFN3O3. The van der Waals surface area contributed by atoms with Crippen molar-refractivity contribution in [3.8, 4) is 0 Å². The maximum atomic E-state index is 13.3. The minimum absolute atomic E-state index is 0.126. The summed E-state index contributed by atoms with van der Waals surface area (Å²) in [5.74, 6) is -0.526. The number of amides is 2. The normalized spacial score (nSPS) is 21.4. The molecular weight excluding hydrogens is 369 g/mol. The molecule has 9 heteroatoms. The number of likely N-dealkylation sites (tertiary alicyclic amines) is 1. The monoisotopic (exact) mass is 379 g/mol. The Labute approximate surface area is 133 Å². The van der Waals surface area contributed by atoms with E-state index in [9.17, 15) is 14.0 Å². The standard InChI is InChI=1S/C12H12BrClFN3O3/c13-9-1-6(2-10(14)17-9)4-16-11(19)8-3-7(15)5-18(8)12(20)21/h1-2,7-8H,3-5H2,(H,16,19)(H,20,21)/t7-,8+/m1/s1. The van der Waals surface area contributed by atoms with E-state index in [4.69, 9.17) is 16.7 Å². The van der Waals surface area contributed by atoms with Crippen molar-refractivity contribution in [1.82, 2.24) is 15.2 Å². The van der Waals surface area contributed by atoms with E-state index in [0.29, 0.717) is 10.2 Å². The molecule has 0 bridgehead atoms. The molecule has 0 aliphatic carbocycles. The molecule has 2 amide bonds. The summed E-state index contributed by atoms with van der Waals surface area (Å²) in [6.45, 7) is -0.124. The topological polar surface area (TPSA) is 82.5 Å². The average molecular weight is 381 g/mol. The first-order valence-electron chi connectivity index (χ1n) is 6.10. The van der Waals surface area contributed by atoms with Gasteiger partial charge in [-0.25, -0.2) is 14.2 Å². The maximum Gasteiger partial charge on any atom is 0.408 e. The van der Waals surface area contributed by atoms with Gasteiger partial charge in [0.15, 0.2) is 0 Å². The van der Waals surface area contributed by atoms with Gasteiger partial charge in [-0.05, 0) is 33.6 Å². The average Bonchev–Trinajstić information content (AvgIpc) is 2.77. The molecule has 2 heterocycles. The van der Waals surface area contributed by atoms with Crippen molar-refractivity contribution in [3.63, 3.8) is 0 Å². The van der Waals surface area contributed by atoms with Gasteiger partial charge in [0.05, 0.1) is 6.54 Å². The molecule has 2 atom stereocenters. The largest absolute Gasteiger partial charge is 0.465 e. The highest BCUT2D eigenvalue weighted by Crippen LogP contribution is 2.21. The number of carboxylic acid groups (broad SMARTS) is 1. The van der Waals surface area contributed by atoms with Gasteiger partial charge >= 0.3 is 6.09 Å². The predicted molar refractivity (Wildman–Crippen MR) is 76.8 cm³/mol. The summed E-state index contributed by atoms with van der Waals surface area (Å²) in [4.78, 5) is 27.7. The molecule has 114 valence electrons. The second kappa shape index (κ2) is 6.57. The first-order valence-corrected chi connectivity index (χ1v) is 7.27. The third kappa shape index (κ3) is 4.04. The quantitative estimate of drug-likeness (QED) is 0.788. The van der Waals surface area contributed by atoms with Crippen molar-refractivity contribution in [1.29, 1.82) is 0 Å². The fourth-order valence-electron chi connectivity index (χ4n) is 2.17. The molecule has 1 aromatic rings. The molecule has 0 radical (unpaired) electrons. The molecule has 6 nitrogen and oxygen atoms in total. The lowest BCUT2D eigenvalue weighted by Crippen LogP contribution is -2.45. The number of nitrogens with zero attached hydrogens (tertiary/aromatic N) is 2. The smallest absolute Gasteiger partial charge is 0.408 e. The molecule has 1 aliphatic heterocycles. The van der Waals surface area contributed by atoms with Gasteiger partial charge in [0, 0.05) is 13.0 Å². The van der Waals surface area contributed by atoms with E-state index in [1.165, 1.54) is 0 Å². The van der Waals surface area contributed by atoms with Crippen molar-refractivity contribution >= 4 is 39.5 Å². The second-order valence-corrected chi connectivity index (χ2v) is 5.82. The van der Waals surface area contributed by atoms with Crippen molar-refractivity contribution in [3.05, 3.63) is 27.5 Å². The van der Waals surface area contributed by atoms with Crippen LogP contribution in [-0.2, 0) is 11.3 Å². The minimum Gasteiger partial charge on any atom is -0.465 e. The molecule has 0 spiro atoms. The lowest BCUT2D eigenvalue weighted by molar-refractivity contribution is -0.125. The zero-order valence-electron chi connectivity index (χ0n) is 10.7. The van der Waals surface area contributed by atoms with Crippen LogP contribution in [0.15, 0.2) is 16.7 Å². The van der Waals surface area contributed by atoms with Gasteiger partial charge in [-0.1, -0.05) is 11.6 Å². The number of aromatic nitrogens is 1.